The summed E-state index contributed by atoms with van der Waals surface area (Å²) in [6.45, 7) is 10.5. The minimum atomic E-state index is -0.550. The van der Waals surface area contributed by atoms with Gasteiger partial charge in [0.15, 0.2) is 0 Å². The van der Waals surface area contributed by atoms with E-state index in [-0.39, 0.29) is 34.6 Å². The summed E-state index contributed by atoms with van der Waals surface area (Å²) < 4.78 is 14.9. The molecule has 0 saturated carbocycles. The van der Waals surface area contributed by atoms with Crippen molar-refractivity contribution in [3.05, 3.63) is 88.8 Å². The fourth-order valence-corrected chi connectivity index (χ4v) is 5.71. The molecule has 2 aromatic carbocycles. The molecule has 2 aliphatic rings. The number of carbonyl (C=O) groups excluding carboxylic acids is 3. The van der Waals surface area contributed by atoms with Gasteiger partial charge in [-0.05, 0) is 66.5 Å². The third-order valence-electron chi connectivity index (χ3n) is 7.91. The van der Waals surface area contributed by atoms with Crippen LogP contribution in [0, 0.1) is 24.6 Å². The molecule has 1 heterocycles. The van der Waals surface area contributed by atoms with E-state index < -0.39 is 17.8 Å². The molecule has 4 rings (SSSR count). The van der Waals surface area contributed by atoms with Gasteiger partial charge in [-0.2, -0.15) is 0 Å². The van der Waals surface area contributed by atoms with Crippen molar-refractivity contribution in [1.82, 2.24) is 10.2 Å². The molecule has 1 aliphatic carbocycles. The number of nitrogens with zero attached hydrogens (tertiary/aromatic N) is 1. The number of halogens is 1. The highest BCUT2D eigenvalue weighted by molar-refractivity contribution is 5.98. The number of nitrogens with one attached hydrogen (secondary N) is 2. The van der Waals surface area contributed by atoms with Crippen LogP contribution in [-0.4, -0.2) is 41.8 Å². The van der Waals surface area contributed by atoms with Crippen molar-refractivity contribution in [1.29, 1.82) is 0 Å². The van der Waals surface area contributed by atoms with E-state index in [0.717, 1.165) is 16.8 Å². The monoisotopic (exact) mass is 545 g/mol. The molecule has 3 atom stereocenters. The lowest BCUT2D eigenvalue weighted by atomic mass is 9.77. The van der Waals surface area contributed by atoms with Gasteiger partial charge in [-0.25, -0.2) is 4.39 Å². The predicted molar refractivity (Wildman–Crippen MR) is 156 cm³/mol. The largest absolute Gasteiger partial charge is 0.352 e. The number of aryl methyl sites for hydroxylation is 1. The highest BCUT2D eigenvalue weighted by Gasteiger charge is 2.43. The van der Waals surface area contributed by atoms with Gasteiger partial charge in [-0.3, -0.25) is 14.4 Å². The summed E-state index contributed by atoms with van der Waals surface area (Å²) in [5.41, 5.74) is 3.39. The predicted octanol–water partition coefficient (Wildman–Crippen LogP) is 5.93. The van der Waals surface area contributed by atoms with Crippen molar-refractivity contribution in [2.45, 2.75) is 65.3 Å². The Balaban J connectivity index is 1.65. The van der Waals surface area contributed by atoms with Gasteiger partial charge in [0.1, 0.15) is 5.82 Å². The molecule has 212 valence electrons. The van der Waals surface area contributed by atoms with Crippen molar-refractivity contribution < 1.29 is 18.8 Å². The molecule has 3 amide bonds. The van der Waals surface area contributed by atoms with Gasteiger partial charge in [0, 0.05) is 31.6 Å². The number of piperidine rings is 1. The van der Waals surface area contributed by atoms with Crippen LogP contribution in [0.1, 0.15) is 68.4 Å². The SMILES string of the molecule is CC(=O)NCC1=CC[C@H](C2C(C(=O)Nc3cccc(C(C)(C)C)c3)CCCN2C(=O)c2c(C)cccc2F)C=C1. The van der Waals surface area contributed by atoms with E-state index in [2.05, 4.69) is 31.4 Å². The number of rotatable bonds is 6. The highest BCUT2D eigenvalue weighted by atomic mass is 19.1. The van der Waals surface area contributed by atoms with E-state index in [1.807, 2.05) is 42.5 Å². The third-order valence-corrected chi connectivity index (χ3v) is 7.91. The Bertz CT molecular complexity index is 1320. The number of allylic oxidation sites excluding steroid dienone is 1. The number of amides is 3. The zero-order chi connectivity index (χ0) is 29.0. The molecule has 7 heteroatoms. The van der Waals surface area contributed by atoms with Crippen LogP contribution in [0.4, 0.5) is 10.1 Å². The average molecular weight is 546 g/mol. The lowest BCUT2D eigenvalue weighted by Crippen LogP contribution is -2.55. The maximum Gasteiger partial charge on any atom is 0.257 e. The fraction of sp³-hybridized carbons (Fsp3) is 0.424. The standard InChI is InChI=1S/C33H40FN3O3/c1-21-9-6-13-28(34)29(21)32(40)37-18-8-12-27(30(37)24-16-14-23(15-17-24)20-35-22(2)38)31(39)36-26-11-7-10-25(19-26)33(3,4)5/h6-7,9-11,13-16,19,24,27,30H,8,12,17-18,20H2,1-5H3,(H,35,38)(H,36,39)/t24-,27?,30?/m1/s1. The van der Waals surface area contributed by atoms with Gasteiger partial charge in [0.05, 0.1) is 17.5 Å². The van der Waals surface area contributed by atoms with Crippen molar-refractivity contribution in [2.24, 2.45) is 11.8 Å². The summed E-state index contributed by atoms with van der Waals surface area (Å²) in [7, 11) is 0. The molecule has 2 aromatic rings. The van der Waals surface area contributed by atoms with Crippen molar-refractivity contribution in [3.8, 4) is 0 Å². The normalized spacial score (nSPS) is 21.0. The van der Waals surface area contributed by atoms with Crippen LogP contribution in [0.15, 0.2) is 66.3 Å². The number of anilines is 1. The first-order chi connectivity index (χ1) is 19.0. The van der Waals surface area contributed by atoms with Gasteiger partial charge in [0.25, 0.3) is 5.91 Å². The minimum absolute atomic E-state index is 0.0631. The van der Waals surface area contributed by atoms with Crippen LogP contribution in [0.3, 0.4) is 0 Å². The number of carbonyl (C=O) groups is 3. The summed E-state index contributed by atoms with van der Waals surface area (Å²) >= 11 is 0. The van der Waals surface area contributed by atoms with Gasteiger partial charge < -0.3 is 15.5 Å². The maximum absolute atomic E-state index is 14.9. The Hall–Kier alpha value is -3.74. The number of hydrogen-bond donors (Lipinski definition) is 2. The van der Waals surface area contributed by atoms with Crippen LogP contribution < -0.4 is 10.6 Å². The first-order valence-corrected chi connectivity index (χ1v) is 14.0. The topological polar surface area (TPSA) is 78.5 Å². The van der Waals surface area contributed by atoms with Crippen molar-refractivity contribution >= 4 is 23.4 Å². The molecule has 0 spiro atoms. The van der Waals surface area contributed by atoms with Gasteiger partial charge in [-0.15, -0.1) is 0 Å². The van der Waals surface area contributed by atoms with Gasteiger partial charge >= 0.3 is 0 Å². The quantitative estimate of drug-likeness (QED) is 0.472. The summed E-state index contributed by atoms with van der Waals surface area (Å²) in [4.78, 5) is 40.8. The zero-order valence-corrected chi connectivity index (χ0v) is 24.1. The molecule has 2 unspecified atom stereocenters. The van der Waals surface area contributed by atoms with Gasteiger partial charge in [-0.1, -0.05) is 63.3 Å². The van der Waals surface area contributed by atoms with Gasteiger partial charge in [0.2, 0.25) is 11.8 Å². The molecule has 0 radical (unpaired) electrons. The summed E-state index contributed by atoms with van der Waals surface area (Å²) in [5, 5.41) is 5.93. The van der Waals surface area contributed by atoms with E-state index in [1.54, 1.807) is 24.0 Å². The number of likely N-dealkylation sites (tertiary alicyclic amines) is 1. The molecule has 0 aromatic heterocycles. The molecule has 0 bridgehead atoms. The first kappa shape index (κ1) is 29.2. The second-order valence-electron chi connectivity index (χ2n) is 11.9. The van der Waals surface area contributed by atoms with E-state index in [9.17, 15) is 18.8 Å². The average Bonchev–Trinajstić information content (AvgIpc) is 2.91. The number of benzene rings is 2. The van der Waals surface area contributed by atoms with Crippen LogP contribution in [0.5, 0.6) is 0 Å². The molecule has 6 nitrogen and oxygen atoms in total. The van der Waals surface area contributed by atoms with Crippen molar-refractivity contribution in [2.75, 3.05) is 18.4 Å². The Morgan fingerprint density at radius 1 is 1.10 bits per heavy atom. The Kier molecular flexibility index (Phi) is 8.92. The molecular weight excluding hydrogens is 505 g/mol. The smallest absolute Gasteiger partial charge is 0.257 e. The lowest BCUT2D eigenvalue weighted by molar-refractivity contribution is -0.123. The molecule has 1 fully saturated rings. The lowest BCUT2D eigenvalue weighted by Gasteiger charge is -2.44. The third kappa shape index (κ3) is 6.69. The molecular formula is C33H40FN3O3. The highest BCUT2D eigenvalue weighted by Crippen LogP contribution is 2.36. The van der Waals surface area contributed by atoms with E-state index >= 15 is 0 Å². The van der Waals surface area contributed by atoms with Crippen molar-refractivity contribution in [3.63, 3.8) is 0 Å². The summed E-state index contributed by atoms with van der Waals surface area (Å²) in [5.74, 6) is -1.77. The Labute approximate surface area is 236 Å². The summed E-state index contributed by atoms with van der Waals surface area (Å²) in [6, 6.07) is 12.1. The first-order valence-electron chi connectivity index (χ1n) is 14.0. The Morgan fingerprint density at radius 2 is 1.85 bits per heavy atom. The second-order valence-corrected chi connectivity index (χ2v) is 11.9. The summed E-state index contributed by atoms with van der Waals surface area (Å²) in [6.07, 6.45) is 7.92. The van der Waals surface area contributed by atoms with Crippen LogP contribution in [0.2, 0.25) is 0 Å². The molecule has 1 aliphatic heterocycles. The zero-order valence-electron chi connectivity index (χ0n) is 24.1. The van der Waals surface area contributed by atoms with E-state index in [4.69, 9.17) is 0 Å². The maximum atomic E-state index is 14.9. The van der Waals surface area contributed by atoms with Crippen LogP contribution >= 0.6 is 0 Å². The Morgan fingerprint density at radius 3 is 2.50 bits per heavy atom. The van der Waals surface area contributed by atoms with Crippen LogP contribution in [0.25, 0.3) is 0 Å². The minimum Gasteiger partial charge on any atom is -0.352 e. The second kappa shape index (κ2) is 12.2. The van der Waals surface area contributed by atoms with E-state index in [0.29, 0.717) is 37.9 Å². The molecule has 2 N–H and O–H groups in total. The van der Waals surface area contributed by atoms with E-state index in [1.165, 1.54) is 13.0 Å². The fourth-order valence-electron chi connectivity index (χ4n) is 5.71. The number of hydrogen-bond acceptors (Lipinski definition) is 3. The van der Waals surface area contributed by atoms with Crippen LogP contribution in [-0.2, 0) is 15.0 Å². The molecule has 1 saturated heterocycles. The molecule has 40 heavy (non-hydrogen) atoms.